The van der Waals surface area contributed by atoms with E-state index in [1.54, 1.807) is 11.3 Å². The number of hydrogen-bond donors (Lipinski definition) is 2. The average molecular weight is 445 g/mol. The first-order valence-corrected chi connectivity index (χ1v) is 11.8. The lowest BCUT2D eigenvalue weighted by Crippen LogP contribution is -2.48. The summed E-state index contributed by atoms with van der Waals surface area (Å²) in [5.74, 6) is -0.144. The Labute approximate surface area is 182 Å². The number of nitrogens with zero attached hydrogens (tertiary/aromatic N) is 2. The number of aryl methyl sites for hydroxylation is 1. The van der Waals surface area contributed by atoms with E-state index in [0.29, 0.717) is 16.1 Å². The average Bonchev–Trinajstić information content (AvgIpc) is 3.32. The number of fused-ring (bicyclic) bond motifs is 1. The van der Waals surface area contributed by atoms with Crippen molar-refractivity contribution in [1.82, 2.24) is 20.2 Å². The molecule has 1 aliphatic carbocycles. The number of amides is 3. The fourth-order valence-corrected chi connectivity index (χ4v) is 5.76. The molecule has 1 aliphatic rings. The van der Waals surface area contributed by atoms with Crippen molar-refractivity contribution in [2.45, 2.75) is 52.1 Å². The van der Waals surface area contributed by atoms with Crippen molar-refractivity contribution in [3.63, 3.8) is 0 Å². The third kappa shape index (κ3) is 4.32. The van der Waals surface area contributed by atoms with E-state index >= 15 is 0 Å². The Morgan fingerprint density at radius 2 is 2.07 bits per heavy atom. The van der Waals surface area contributed by atoms with E-state index in [-0.39, 0.29) is 18.1 Å². The molecule has 2 atom stereocenters. The largest absolute Gasteiger partial charge is 0.335 e. The normalized spacial score (nSPS) is 19.0. The Hall–Kier alpha value is -2.52. The van der Waals surface area contributed by atoms with Crippen LogP contribution in [-0.4, -0.2) is 27.5 Å². The molecule has 0 saturated heterocycles. The molecule has 0 spiro atoms. The van der Waals surface area contributed by atoms with Gasteiger partial charge in [-0.05, 0) is 37.8 Å². The first-order chi connectivity index (χ1) is 14.4. The zero-order valence-electron chi connectivity index (χ0n) is 16.9. The predicted octanol–water partition coefficient (Wildman–Crippen LogP) is 3.90. The van der Waals surface area contributed by atoms with Crippen LogP contribution in [0.2, 0.25) is 0 Å². The van der Waals surface area contributed by atoms with E-state index in [0.717, 1.165) is 34.6 Å². The van der Waals surface area contributed by atoms with Gasteiger partial charge < -0.3 is 5.32 Å². The summed E-state index contributed by atoms with van der Waals surface area (Å²) >= 11 is 3.02. The van der Waals surface area contributed by atoms with Crippen molar-refractivity contribution in [2.75, 3.05) is 0 Å². The smallest absolute Gasteiger partial charge is 0.321 e. The summed E-state index contributed by atoms with van der Waals surface area (Å²) in [6.45, 7) is 3.87. The minimum Gasteiger partial charge on any atom is -0.335 e. The van der Waals surface area contributed by atoms with Gasteiger partial charge in [0.2, 0.25) is 5.91 Å². The molecule has 4 rings (SSSR count). The number of rotatable bonds is 4. The van der Waals surface area contributed by atoms with Gasteiger partial charge in [0, 0.05) is 26.7 Å². The summed E-state index contributed by atoms with van der Waals surface area (Å²) in [5, 5.41) is 7.67. The number of aromatic nitrogens is 2. The predicted molar refractivity (Wildman–Crippen MR) is 120 cm³/mol. The van der Waals surface area contributed by atoms with Crippen LogP contribution in [0.15, 0.2) is 28.6 Å². The molecule has 1 fully saturated rings. The van der Waals surface area contributed by atoms with Gasteiger partial charge >= 0.3 is 6.03 Å². The molecule has 7 nitrogen and oxygen atoms in total. The van der Waals surface area contributed by atoms with Crippen molar-refractivity contribution in [3.8, 4) is 10.4 Å². The zero-order valence-corrected chi connectivity index (χ0v) is 18.6. The SMILES string of the molecule is Cc1ccc(-c2csc3ncn(CC(=O)NC(=O)N[C@@H]4CCCC[C@@H]4C)c(=O)c23)s1. The molecule has 0 radical (unpaired) electrons. The van der Waals surface area contributed by atoms with Crippen LogP contribution in [0.3, 0.4) is 0 Å². The van der Waals surface area contributed by atoms with Crippen LogP contribution in [0.5, 0.6) is 0 Å². The maximum Gasteiger partial charge on any atom is 0.321 e. The van der Waals surface area contributed by atoms with Crippen molar-refractivity contribution in [1.29, 1.82) is 0 Å². The molecule has 9 heteroatoms. The second kappa shape index (κ2) is 8.69. The summed E-state index contributed by atoms with van der Waals surface area (Å²) in [7, 11) is 0. The van der Waals surface area contributed by atoms with Gasteiger partial charge in [-0.15, -0.1) is 22.7 Å². The number of hydrogen-bond acceptors (Lipinski definition) is 6. The highest BCUT2D eigenvalue weighted by Gasteiger charge is 2.23. The summed E-state index contributed by atoms with van der Waals surface area (Å²) in [6, 6.07) is 3.57. The van der Waals surface area contributed by atoms with Crippen molar-refractivity contribution in [2.24, 2.45) is 5.92 Å². The number of imide groups is 1. The maximum absolute atomic E-state index is 13.0. The molecule has 3 heterocycles. The minimum absolute atomic E-state index is 0.0786. The molecule has 158 valence electrons. The number of carbonyl (C=O) groups excluding carboxylic acids is 2. The fourth-order valence-electron chi connectivity index (χ4n) is 3.90. The summed E-state index contributed by atoms with van der Waals surface area (Å²) in [4.78, 5) is 44.7. The third-order valence-corrected chi connectivity index (χ3v) is 7.48. The lowest BCUT2D eigenvalue weighted by Gasteiger charge is -2.29. The number of urea groups is 1. The second-order valence-corrected chi connectivity index (χ2v) is 9.95. The molecule has 3 aromatic rings. The number of thiophene rings is 2. The van der Waals surface area contributed by atoms with Gasteiger partial charge in [-0.1, -0.05) is 19.8 Å². The van der Waals surface area contributed by atoms with Crippen LogP contribution in [0, 0.1) is 12.8 Å². The number of carbonyl (C=O) groups is 2. The van der Waals surface area contributed by atoms with Gasteiger partial charge in [0.25, 0.3) is 5.56 Å². The van der Waals surface area contributed by atoms with Crippen LogP contribution in [-0.2, 0) is 11.3 Å². The first-order valence-electron chi connectivity index (χ1n) is 10.1. The second-order valence-electron chi connectivity index (χ2n) is 7.81. The van der Waals surface area contributed by atoms with E-state index in [1.165, 1.54) is 28.7 Å². The molecule has 0 unspecified atom stereocenters. The van der Waals surface area contributed by atoms with Crippen LogP contribution in [0.1, 0.15) is 37.5 Å². The molecule has 0 aliphatic heterocycles. The lowest BCUT2D eigenvalue weighted by molar-refractivity contribution is -0.120. The third-order valence-electron chi connectivity index (χ3n) is 5.56. The summed E-state index contributed by atoms with van der Waals surface area (Å²) in [6.07, 6.45) is 5.62. The van der Waals surface area contributed by atoms with E-state index in [9.17, 15) is 14.4 Å². The Kier molecular flexibility index (Phi) is 6.01. The monoisotopic (exact) mass is 444 g/mol. The molecule has 0 bridgehead atoms. The Balaban J connectivity index is 1.48. The minimum atomic E-state index is -0.539. The Morgan fingerprint density at radius 3 is 2.80 bits per heavy atom. The fraction of sp³-hybridized carbons (Fsp3) is 0.429. The molecular weight excluding hydrogens is 420 g/mol. The van der Waals surface area contributed by atoms with E-state index < -0.39 is 11.9 Å². The van der Waals surface area contributed by atoms with Crippen LogP contribution in [0.25, 0.3) is 20.7 Å². The molecule has 30 heavy (non-hydrogen) atoms. The highest BCUT2D eigenvalue weighted by Crippen LogP contribution is 2.34. The van der Waals surface area contributed by atoms with Crippen LogP contribution >= 0.6 is 22.7 Å². The topological polar surface area (TPSA) is 93.1 Å². The Morgan fingerprint density at radius 1 is 1.27 bits per heavy atom. The highest BCUT2D eigenvalue weighted by atomic mass is 32.1. The van der Waals surface area contributed by atoms with Gasteiger partial charge in [-0.25, -0.2) is 9.78 Å². The molecular formula is C21H24N4O3S2. The molecule has 2 N–H and O–H groups in total. The molecule has 3 amide bonds. The summed E-state index contributed by atoms with van der Waals surface area (Å²) in [5.41, 5.74) is 0.558. The van der Waals surface area contributed by atoms with E-state index in [2.05, 4.69) is 22.5 Å². The van der Waals surface area contributed by atoms with Gasteiger partial charge in [-0.2, -0.15) is 0 Å². The van der Waals surface area contributed by atoms with E-state index in [4.69, 9.17) is 0 Å². The molecule has 1 saturated carbocycles. The van der Waals surface area contributed by atoms with E-state index in [1.807, 2.05) is 24.4 Å². The Bertz CT molecular complexity index is 1150. The standard InChI is InChI=1S/C21H24N4O3S2/c1-12-5-3-4-6-15(12)23-21(28)24-17(26)9-25-11-22-19-18(20(25)27)14(10-29-19)16-8-7-13(2)30-16/h7-8,10-12,15H,3-6,9H2,1-2H3,(H2,23,24,26,28)/t12-,15+/m0/s1. The van der Waals surface area contributed by atoms with Crippen molar-refractivity contribution < 1.29 is 9.59 Å². The first kappa shape index (κ1) is 20.7. The maximum atomic E-state index is 13.0. The molecule has 0 aromatic carbocycles. The van der Waals surface area contributed by atoms with Gasteiger partial charge in [-0.3, -0.25) is 19.5 Å². The van der Waals surface area contributed by atoms with Crippen molar-refractivity contribution in [3.05, 3.63) is 39.1 Å². The quantitative estimate of drug-likeness (QED) is 0.638. The van der Waals surface area contributed by atoms with Gasteiger partial charge in [0.05, 0.1) is 11.7 Å². The lowest BCUT2D eigenvalue weighted by atomic mass is 9.86. The van der Waals surface area contributed by atoms with Crippen molar-refractivity contribution >= 4 is 44.8 Å². The highest BCUT2D eigenvalue weighted by molar-refractivity contribution is 7.19. The zero-order chi connectivity index (χ0) is 21.3. The molecule has 3 aromatic heterocycles. The van der Waals surface area contributed by atoms with Gasteiger partial charge in [0.1, 0.15) is 11.4 Å². The van der Waals surface area contributed by atoms with Gasteiger partial charge in [0.15, 0.2) is 0 Å². The summed E-state index contributed by atoms with van der Waals surface area (Å²) < 4.78 is 1.25. The van der Waals surface area contributed by atoms with Crippen LogP contribution in [0.4, 0.5) is 4.79 Å². The number of nitrogens with one attached hydrogen (secondary N) is 2. The van der Waals surface area contributed by atoms with Crippen LogP contribution < -0.4 is 16.2 Å².